The third kappa shape index (κ3) is 6.13. The predicted octanol–water partition coefficient (Wildman–Crippen LogP) is 2.93. The van der Waals surface area contributed by atoms with Crippen LogP contribution in [0.5, 0.6) is 11.5 Å². The number of benzene rings is 2. The van der Waals surface area contributed by atoms with E-state index in [1.54, 1.807) is 31.4 Å². The summed E-state index contributed by atoms with van der Waals surface area (Å²) in [5.41, 5.74) is 0.329. The Bertz CT molecular complexity index is 766. The zero-order chi connectivity index (χ0) is 18.9. The lowest BCUT2D eigenvalue weighted by molar-refractivity contribution is -0.120. The molecule has 2 N–H and O–H groups in total. The van der Waals surface area contributed by atoms with Gasteiger partial charge in [-0.25, -0.2) is 0 Å². The van der Waals surface area contributed by atoms with Gasteiger partial charge in [0, 0.05) is 5.56 Å². The summed E-state index contributed by atoms with van der Waals surface area (Å²) < 4.78 is 10.5. The summed E-state index contributed by atoms with van der Waals surface area (Å²) in [6.45, 7) is 0.466. The molecule has 2 rings (SSSR count). The van der Waals surface area contributed by atoms with Gasteiger partial charge in [0.1, 0.15) is 18.1 Å². The summed E-state index contributed by atoms with van der Waals surface area (Å²) in [4.78, 5) is 23.7. The molecule has 0 aliphatic rings. The van der Waals surface area contributed by atoms with Crippen molar-refractivity contribution < 1.29 is 19.1 Å². The predicted molar refractivity (Wildman–Crippen MR) is 100 cm³/mol. The standard InChI is InChI=1S/C18H18Cl2N2O4/c1-25-13-3-5-14(6-4-13)26-9-8-21-17(23)11-22-18(24)12-2-7-15(19)16(20)10-12/h2-7,10H,8-9,11H2,1H3,(H,21,23)(H,22,24). The van der Waals surface area contributed by atoms with Crippen molar-refractivity contribution in [1.82, 2.24) is 10.6 Å². The molecule has 0 unspecified atom stereocenters. The Hall–Kier alpha value is -2.44. The second-order valence-electron chi connectivity index (χ2n) is 5.19. The maximum Gasteiger partial charge on any atom is 0.251 e. The van der Waals surface area contributed by atoms with Gasteiger partial charge in [0.05, 0.1) is 30.2 Å². The van der Waals surface area contributed by atoms with Crippen LogP contribution < -0.4 is 20.1 Å². The number of carbonyl (C=O) groups excluding carboxylic acids is 2. The third-order valence-corrected chi connectivity index (χ3v) is 4.08. The van der Waals surface area contributed by atoms with E-state index in [4.69, 9.17) is 32.7 Å². The first-order valence-corrected chi connectivity index (χ1v) is 8.52. The van der Waals surface area contributed by atoms with Crippen LogP contribution in [0, 0.1) is 0 Å². The van der Waals surface area contributed by atoms with Crippen LogP contribution in [-0.2, 0) is 4.79 Å². The van der Waals surface area contributed by atoms with Crippen molar-refractivity contribution in [1.29, 1.82) is 0 Å². The number of hydrogen-bond donors (Lipinski definition) is 2. The zero-order valence-electron chi connectivity index (χ0n) is 14.1. The summed E-state index contributed by atoms with van der Waals surface area (Å²) in [6, 6.07) is 11.6. The molecule has 0 bridgehead atoms. The molecule has 8 heteroatoms. The molecule has 0 heterocycles. The summed E-state index contributed by atoms with van der Waals surface area (Å²) in [6.07, 6.45) is 0. The number of halogens is 2. The number of hydrogen-bond acceptors (Lipinski definition) is 4. The normalized spacial score (nSPS) is 10.1. The number of methoxy groups -OCH3 is 1. The second kappa shape index (κ2) is 9.89. The van der Waals surface area contributed by atoms with Gasteiger partial charge >= 0.3 is 0 Å². The fourth-order valence-corrected chi connectivity index (χ4v) is 2.29. The van der Waals surface area contributed by atoms with E-state index in [-0.39, 0.29) is 17.5 Å². The Morgan fingerprint density at radius 1 is 0.962 bits per heavy atom. The molecule has 0 saturated carbocycles. The summed E-state index contributed by atoms with van der Waals surface area (Å²) >= 11 is 11.7. The molecule has 0 aliphatic heterocycles. The lowest BCUT2D eigenvalue weighted by atomic mass is 10.2. The van der Waals surface area contributed by atoms with Gasteiger partial charge in [0.25, 0.3) is 5.91 Å². The monoisotopic (exact) mass is 396 g/mol. The number of nitrogens with one attached hydrogen (secondary N) is 2. The van der Waals surface area contributed by atoms with Gasteiger partial charge in [-0.3, -0.25) is 9.59 Å². The van der Waals surface area contributed by atoms with Crippen LogP contribution in [0.15, 0.2) is 42.5 Å². The Balaban J connectivity index is 1.66. The molecule has 6 nitrogen and oxygen atoms in total. The molecular weight excluding hydrogens is 379 g/mol. The first kappa shape index (κ1) is 19.9. The maximum atomic E-state index is 12.0. The van der Waals surface area contributed by atoms with Crippen LogP contribution in [0.25, 0.3) is 0 Å². The summed E-state index contributed by atoms with van der Waals surface area (Å²) in [5, 5.41) is 5.80. The molecule has 0 spiro atoms. The largest absolute Gasteiger partial charge is 0.497 e. The summed E-state index contributed by atoms with van der Waals surface area (Å²) in [7, 11) is 1.59. The smallest absolute Gasteiger partial charge is 0.251 e. The molecule has 2 amide bonds. The van der Waals surface area contributed by atoms with Gasteiger partial charge in [0.15, 0.2) is 0 Å². The van der Waals surface area contributed by atoms with Crippen molar-refractivity contribution >= 4 is 35.0 Å². The molecule has 0 aliphatic carbocycles. The van der Waals surface area contributed by atoms with Crippen LogP contribution in [0.1, 0.15) is 10.4 Å². The highest BCUT2D eigenvalue weighted by atomic mass is 35.5. The molecule has 138 valence electrons. The van der Waals surface area contributed by atoms with Crippen LogP contribution in [0.4, 0.5) is 0 Å². The number of ether oxygens (including phenoxy) is 2. The molecule has 0 radical (unpaired) electrons. The molecule has 2 aromatic carbocycles. The highest BCUT2D eigenvalue weighted by molar-refractivity contribution is 6.42. The Morgan fingerprint density at radius 2 is 1.65 bits per heavy atom. The van der Waals surface area contributed by atoms with E-state index in [1.807, 2.05) is 0 Å². The molecule has 0 aromatic heterocycles. The van der Waals surface area contributed by atoms with Crippen LogP contribution >= 0.6 is 23.2 Å². The van der Waals surface area contributed by atoms with Crippen LogP contribution in [-0.4, -0.2) is 38.6 Å². The van der Waals surface area contributed by atoms with Gasteiger partial charge in [-0.05, 0) is 42.5 Å². The molecule has 0 saturated heterocycles. The molecular formula is C18H18Cl2N2O4. The van der Waals surface area contributed by atoms with E-state index in [1.165, 1.54) is 18.2 Å². The minimum absolute atomic E-state index is 0.151. The number of carbonyl (C=O) groups is 2. The molecule has 0 fully saturated rings. The molecule has 26 heavy (non-hydrogen) atoms. The summed E-state index contributed by atoms with van der Waals surface area (Å²) in [5.74, 6) is 0.682. The van der Waals surface area contributed by atoms with Gasteiger partial charge in [0.2, 0.25) is 5.91 Å². The van der Waals surface area contributed by atoms with E-state index in [0.717, 1.165) is 5.75 Å². The SMILES string of the molecule is COc1ccc(OCCNC(=O)CNC(=O)c2ccc(Cl)c(Cl)c2)cc1. The minimum Gasteiger partial charge on any atom is -0.497 e. The average molecular weight is 397 g/mol. The van der Waals surface area contributed by atoms with Gasteiger partial charge in [-0.1, -0.05) is 23.2 Å². The van der Waals surface area contributed by atoms with Crippen LogP contribution in [0.3, 0.4) is 0 Å². The molecule has 2 aromatic rings. The van der Waals surface area contributed by atoms with Gasteiger partial charge in [-0.15, -0.1) is 0 Å². The van der Waals surface area contributed by atoms with Crippen LogP contribution in [0.2, 0.25) is 10.0 Å². The van der Waals surface area contributed by atoms with Crippen molar-refractivity contribution in [2.45, 2.75) is 0 Å². The first-order chi connectivity index (χ1) is 12.5. The van der Waals surface area contributed by atoms with Crippen molar-refractivity contribution in [2.75, 3.05) is 26.8 Å². The topological polar surface area (TPSA) is 76.7 Å². The zero-order valence-corrected chi connectivity index (χ0v) is 15.6. The maximum absolute atomic E-state index is 12.0. The van der Waals surface area contributed by atoms with Gasteiger partial charge in [-0.2, -0.15) is 0 Å². The van der Waals surface area contributed by atoms with Crippen molar-refractivity contribution in [3.8, 4) is 11.5 Å². The number of amides is 2. The Morgan fingerprint density at radius 3 is 2.31 bits per heavy atom. The average Bonchev–Trinajstić information content (AvgIpc) is 2.66. The highest BCUT2D eigenvalue weighted by Crippen LogP contribution is 2.22. The third-order valence-electron chi connectivity index (χ3n) is 3.34. The van der Waals surface area contributed by atoms with E-state index in [2.05, 4.69) is 10.6 Å². The van der Waals surface area contributed by atoms with E-state index >= 15 is 0 Å². The minimum atomic E-state index is -0.409. The lowest BCUT2D eigenvalue weighted by Crippen LogP contribution is -2.38. The highest BCUT2D eigenvalue weighted by Gasteiger charge is 2.09. The second-order valence-corrected chi connectivity index (χ2v) is 6.00. The Kier molecular flexibility index (Phi) is 7.56. The van der Waals surface area contributed by atoms with Gasteiger partial charge < -0.3 is 20.1 Å². The molecule has 0 atom stereocenters. The first-order valence-electron chi connectivity index (χ1n) is 7.76. The number of rotatable bonds is 8. The van der Waals surface area contributed by atoms with E-state index in [0.29, 0.717) is 29.5 Å². The van der Waals surface area contributed by atoms with Crippen molar-refractivity contribution in [3.63, 3.8) is 0 Å². The van der Waals surface area contributed by atoms with E-state index < -0.39 is 5.91 Å². The van der Waals surface area contributed by atoms with E-state index in [9.17, 15) is 9.59 Å². The fourth-order valence-electron chi connectivity index (χ4n) is 1.99. The quantitative estimate of drug-likeness (QED) is 0.672. The lowest BCUT2D eigenvalue weighted by Gasteiger charge is -2.09. The van der Waals surface area contributed by atoms with Crippen molar-refractivity contribution in [3.05, 3.63) is 58.1 Å². The van der Waals surface area contributed by atoms with Crippen molar-refractivity contribution in [2.24, 2.45) is 0 Å². The fraction of sp³-hybridized carbons (Fsp3) is 0.222. The Labute approximate surface area is 161 Å².